The molecular formula is C19H16F3N3O3. The van der Waals surface area contributed by atoms with Gasteiger partial charge in [0, 0.05) is 0 Å². The van der Waals surface area contributed by atoms with E-state index >= 15 is 0 Å². The van der Waals surface area contributed by atoms with Crippen LogP contribution in [0.4, 0.5) is 13.2 Å². The molecule has 0 saturated heterocycles. The van der Waals surface area contributed by atoms with Crippen molar-refractivity contribution in [3.05, 3.63) is 71.0 Å². The summed E-state index contributed by atoms with van der Waals surface area (Å²) in [7, 11) is 0. The molecule has 0 bridgehead atoms. The molecule has 3 aromatic rings. The van der Waals surface area contributed by atoms with Crippen molar-refractivity contribution in [2.45, 2.75) is 26.1 Å². The predicted molar refractivity (Wildman–Crippen MR) is 93.2 cm³/mol. The van der Waals surface area contributed by atoms with Crippen LogP contribution in [0.15, 0.2) is 48.5 Å². The zero-order valence-corrected chi connectivity index (χ0v) is 14.8. The molecule has 0 radical (unpaired) electrons. The second-order valence-electron chi connectivity index (χ2n) is 6.07. The minimum absolute atomic E-state index is 0.0686. The molecule has 0 aliphatic heterocycles. The minimum atomic E-state index is -4.40. The molecule has 0 aliphatic rings. The summed E-state index contributed by atoms with van der Waals surface area (Å²) >= 11 is 0. The van der Waals surface area contributed by atoms with Crippen molar-refractivity contribution in [3.63, 3.8) is 0 Å². The summed E-state index contributed by atoms with van der Waals surface area (Å²) in [6, 6.07) is 11.2. The number of ether oxygens (including phenoxy) is 1. The number of nitrogens with zero attached hydrogens (tertiary/aromatic N) is 3. The number of alkyl halides is 3. The molecule has 1 aromatic heterocycles. The first-order valence-electron chi connectivity index (χ1n) is 8.26. The van der Waals surface area contributed by atoms with E-state index in [2.05, 4.69) is 10.2 Å². The molecule has 3 rings (SSSR count). The highest BCUT2D eigenvalue weighted by Crippen LogP contribution is 2.29. The molecule has 0 amide bonds. The van der Waals surface area contributed by atoms with Crippen molar-refractivity contribution in [1.29, 1.82) is 0 Å². The predicted octanol–water partition coefficient (Wildman–Crippen LogP) is 3.80. The van der Waals surface area contributed by atoms with Crippen LogP contribution < -0.4 is 4.74 Å². The van der Waals surface area contributed by atoms with Gasteiger partial charge in [-0.15, -0.1) is 5.10 Å². The van der Waals surface area contributed by atoms with Crippen LogP contribution in [-0.2, 0) is 24.0 Å². The Balaban J connectivity index is 1.68. The third-order valence-corrected chi connectivity index (χ3v) is 3.96. The van der Waals surface area contributed by atoms with Crippen LogP contribution in [0.25, 0.3) is 5.69 Å². The minimum Gasteiger partial charge on any atom is -0.487 e. The highest BCUT2D eigenvalue weighted by Gasteiger charge is 2.30. The lowest BCUT2D eigenvalue weighted by molar-refractivity contribution is -0.138. The number of benzene rings is 2. The van der Waals surface area contributed by atoms with Crippen LogP contribution in [-0.4, -0.2) is 26.1 Å². The number of aryl methyl sites for hydroxylation is 1. The Labute approximate surface area is 158 Å². The number of carboxylic acids is 1. The van der Waals surface area contributed by atoms with Crippen LogP contribution in [0.1, 0.15) is 22.5 Å². The van der Waals surface area contributed by atoms with Gasteiger partial charge in [-0.1, -0.05) is 12.1 Å². The summed E-state index contributed by atoms with van der Waals surface area (Å²) < 4.78 is 43.6. The van der Waals surface area contributed by atoms with Crippen LogP contribution in [0, 0.1) is 6.92 Å². The van der Waals surface area contributed by atoms with E-state index in [1.165, 1.54) is 16.9 Å². The van der Waals surface area contributed by atoms with E-state index in [9.17, 15) is 18.0 Å². The van der Waals surface area contributed by atoms with Gasteiger partial charge in [-0.05, 0) is 48.9 Å². The fourth-order valence-electron chi connectivity index (χ4n) is 2.47. The largest absolute Gasteiger partial charge is 0.487 e. The molecule has 2 aromatic carbocycles. The molecule has 0 spiro atoms. The van der Waals surface area contributed by atoms with E-state index in [0.717, 1.165) is 12.1 Å². The number of hydrogen-bond acceptors (Lipinski definition) is 4. The number of aromatic nitrogens is 3. The number of aliphatic carboxylic acids is 1. The number of halogens is 3. The smallest absolute Gasteiger partial charge is 0.416 e. The number of rotatable bonds is 6. The third-order valence-electron chi connectivity index (χ3n) is 3.96. The summed E-state index contributed by atoms with van der Waals surface area (Å²) in [6.07, 6.45) is -4.47. The molecule has 9 heteroatoms. The molecule has 0 atom stereocenters. The van der Waals surface area contributed by atoms with Crippen molar-refractivity contribution in [3.8, 4) is 11.4 Å². The molecule has 146 valence electrons. The van der Waals surface area contributed by atoms with Crippen molar-refractivity contribution < 1.29 is 27.8 Å². The molecule has 0 fully saturated rings. The molecule has 6 nitrogen and oxygen atoms in total. The maximum absolute atomic E-state index is 12.7. The van der Waals surface area contributed by atoms with Gasteiger partial charge in [0.05, 0.1) is 23.4 Å². The van der Waals surface area contributed by atoms with Crippen LogP contribution >= 0.6 is 0 Å². The SMILES string of the molecule is Cc1nn(-c2ccc(C(F)(F)F)cc2)nc1COc1ccc(CC(=O)O)cc1. The highest BCUT2D eigenvalue weighted by atomic mass is 19.4. The average Bonchev–Trinajstić information content (AvgIpc) is 3.01. The molecule has 0 saturated carbocycles. The Morgan fingerprint density at radius 1 is 1.07 bits per heavy atom. The Bertz CT molecular complexity index is 965. The summed E-state index contributed by atoms with van der Waals surface area (Å²) in [5.74, 6) is -0.373. The van der Waals surface area contributed by atoms with Crippen LogP contribution in [0.3, 0.4) is 0 Å². The first-order chi connectivity index (χ1) is 13.2. The monoisotopic (exact) mass is 391 g/mol. The first kappa shape index (κ1) is 19.4. The Hall–Kier alpha value is -3.36. The van der Waals surface area contributed by atoms with Crippen LogP contribution in [0.5, 0.6) is 5.75 Å². The van der Waals surface area contributed by atoms with Crippen molar-refractivity contribution in [1.82, 2.24) is 15.0 Å². The summed E-state index contributed by atoms with van der Waals surface area (Å²) in [5.41, 5.74) is 1.44. The maximum atomic E-state index is 12.7. The number of carboxylic acid groups (broad SMARTS) is 1. The lowest BCUT2D eigenvalue weighted by atomic mass is 10.1. The van der Waals surface area contributed by atoms with Gasteiger partial charge in [0.25, 0.3) is 0 Å². The molecule has 28 heavy (non-hydrogen) atoms. The fraction of sp³-hybridized carbons (Fsp3) is 0.211. The van der Waals surface area contributed by atoms with Crippen molar-refractivity contribution in [2.75, 3.05) is 0 Å². The van der Waals surface area contributed by atoms with Gasteiger partial charge in [0.2, 0.25) is 0 Å². The Morgan fingerprint density at radius 3 is 2.29 bits per heavy atom. The van der Waals surface area contributed by atoms with E-state index < -0.39 is 17.7 Å². The van der Waals surface area contributed by atoms with Gasteiger partial charge in [0.15, 0.2) is 0 Å². The van der Waals surface area contributed by atoms with Crippen molar-refractivity contribution >= 4 is 5.97 Å². The van der Waals surface area contributed by atoms with Crippen LogP contribution in [0.2, 0.25) is 0 Å². The molecule has 1 heterocycles. The van der Waals surface area contributed by atoms with E-state index in [4.69, 9.17) is 9.84 Å². The topological polar surface area (TPSA) is 77.2 Å². The fourth-order valence-corrected chi connectivity index (χ4v) is 2.47. The van der Waals surface area contributed by atoms with E-state index in [1.54, 1.807) is 31.2 Å². The van der Waals surface area contributed by atoms with Gasteiger partial charge < -0.3 is 9.84 Å². The van der Waals surface area contributed by atoms with Gasteiger partial charge in [0.1, 0.15) is 18.1 Å². The quantitative estimate of drug-likeness (QED) is 0.692. The second-order valence-corrected chi connectivity index (χ2v) is 6.07. The average molecular weight is 391 g/mol. The summed E-state index contributed by atoms with van der Waals surface area (Å²) in [6.45, 7) is 1.84. The Kier molecular flexibility index (Phi) is 5.34. The zero-order chi connectivity index (χ0) is 20.3. The van der Waals surface area contributed by atoms with Gasteiger partial charge in [-0.3, -0.25) is 4.79 Å². The maximum Gasteiger partial charge on any atom is 0.416 e. The molecular weight excluding hydrogens is 375 g/mol. The lowest BCUT2D eigenvalue weighted by Crippen LogP contribution is -2.06. The van der Waals surface area contributed by atoms with E-state index in [0.29, 0.717) is 28.4 Å². The lowest BCUT2D eigenvalue weighted by Gasteiger charge is -2.07. The second kappa shape index (κ2) is 7.71. The van der Waals surface area contributed by atoms with Gasteiger partial charge >= 0.3 is 12.1 Å². The number of hydrogen-bond donors (Lipinski definition) is 1. The van der Waals surface area contributed by atoms with E-state index in [-0.39, 0.29) is 13.0 Å². The standard InChI is InChI=1S/C19H16F3N3O3/c1-12-17(11-28-16-8-2-13(3-9-16)10-18(26)27)24-25(23-12)15-6-4-14(5-7-15)19(20,21)22/h2-9H,10-11H2,1H3,(H,26,27). The Morgan fingerprint density at radius 2 is 1.71 bits per heavy atom. The van der Waals surface area contributed by atoms with Gasteiger partial charge in [-0.25, -0.2) is 0 Å². The normalized spacial score (nSPS) is 11.4. The zero-order valence-electron chi connectivity index (χ0n) is 14.8. The summed E-state index contributed by atoms with van der Waals surface area (Å²) in [4.78, 5) is 11.9. The van der Waals surface area contributed by atoms with Crippen molar-refractivity contribution in [2.24, 2.45) is 0 Å². The van der Waals surface area contributed by atoms with E-state index in [1.807, 2.05) is 0 Å². The highest BCUT2D eigenvalue weighted by molar-refractivity contribution is 5.70. The first-order valence-corrected chi connectivity index (χ1v) is 8.26. The van der Waals surface area contributed by atoms with Gasteiger partial charge in [-0.2, -0.15) is 23.1 Å². The summed E-state index contributed by atoms with van der Waals surface area (Å²) in [5, 5.41) is 17.2. The molecule has 0 unspecified atom stereocenters. The number of carbonyl (C=O) groups is 1. The third kappa shape index (κ3) is 4.67. The molecule has 0 aliphatic carbocycles. The molecule has 1 N–H and O–H groups in total.